The van der Waals surface area contributed by atoms with Crippen LogP contribution in [-0.2, 0) is 4.79 Å². The third kappa shape index (κ3) is 5.59. The first-order chi connectivity index (χ1) is 13.8. The molecule has 2 aromatic rings. The molecule has 5 heteroatoms. The van der Waals surface area contributed by atoms with E-state index in [-0.39, 0.29) is 23.8 Å². The van der Waals surface area contributed by atoms with Crippen LogP contribution in [0, 0.1) is 32.6 Å². The van der Waals surface area contributed by atoms with E-state index < -0.39 is 0 Å². The highest BCUT2D eigenvalue weighted by atomic mass is 16.2. The van der Waals surface area contributed by atoms with E-state index in [0.717, 1.165) is 40.9 Å². The van der Waals surface area contributed by atoms with Gasteiger partial charge in [0.15, 0.2) is 0 Å². The quantitative estimate of drug-likeness (QED) is 0.756. The third-order valence-corrected chi connectivity index (χ3v) is 5.74. The van der Waals surface area contributed by atoms with Crippen LogP contribution in [0.25, 0.3) is 0 Å². The molecule has 154 valence electrons. The van der Waals surface area contributed by atoms with Gasteiger partial charge in [-0.1, -0.05) is 30.7 Å². The number of aryl methyl sites for hydroxylation is 3. The highest BCUT2D eigenvalue weighted by Crippen LogP contribution is 2.27. The van der Waals surface area contributed by atoms with Crippen molar-refractivity contribution >= 4 is 23.3 Å². The summed E-state index contributed by atoms with van der Waals surface area (Å²) < 4.78 is 0. The van der Waals surface area contributed by atoms with Crippen molar-refractivity contribution in [3.63, 3.8) is 0 Å². The van der Waals surface area contributed by atoms with Crippen molar-refractivity contribution in [3.05, 3.63) is 59.2 Å². The lowest BCUT2D eigenvalue weighted by Gasteiger charge is -2.34. The van der Waals surface area contributed by atoms with E-state index in [1.807, 2.05) is 69.0 Å². The topological polar surface area (TPSA) is 61.4 Å². The lowest BCUT2D eigenvalue weighted by atomic mass is 9.85. The fraction of sp³-hybridized carbons (Fsp3) is 0.417. The van der Waals surface area contributed by atoms with Crippen LogP contribution in [0.1, 0.15) is 36.5 Å². The van der Waals surface area contributed by atoms with Gasteiger partial charge < -0.3 is 15.5 Å². The van der Waals surface area contributed by atoms with Crippen LogP contribution >= 0.6 is 0 Å². The van der Waals surface area contributed by atoms with Gasteiger partial charge >= 0.3 is 6.03 Å². The zero-order chi connectivity index (χ0) is 21.0. The minimum atomic E-state index is -0.0851. The number of anilines is 2. The van der Waals surface area contributed by atoms with Gasteiger partial charge in [-0.3, -0.25) is 4.79 Å². The standard InChI is InChI=1S/C24H31N3O2/c1-16-5-7-21(8-6-16)26-24(29)27-11-9-20(10-12-27)19(4)23(28)25-22-14-17(2)13-18(3)15-22/h5-8,13-15,19-20H,9-12H2,1-4H3,(H,25,28)(H,26,29). The van der Waals surface area contributed by atoms with Crippen LogP contribution in [0.15, 0.2) is 42.5 Å². The normalized spacial score (nSPS) is 15.7. The summed E-state index contributed by atoms with van der Waals surface area (Å²) in [5, 5.41) is 6.02. The number of rotatable bonds is 4. The van der Waals surface area contributed by atoms with Gasteiger partial charge in [0.1, 0.15) is 0 Å². The summed E-state index contributed by atoms with van der Waals surface area (Å²) in [4.78, 5) is 27.1. The Balaban J connectivity index is 1.50. The Bertz CT molecular complexity index is 848. The predicted octanol–water partition coefficient (Wildman–Crippen LogP) is 5.13. The number of amides is 3. The average molecular weight is 394 g/mol. The van der Waals surface area contributed by atoms with Crippen LogP contribution in [0.4, 0.5) is 16.2 Å². The molecule has 3 amide bonds. The van der Waals surface area contributed by atoms with Gasteiger partial charge in [0, 0.05) is 30.4 Å². The monoisotopic (exact) mass is 393 g/mol. The van der Waals surface area contributed by atoms with E-state index in [1.165, 1.54) is 0 Å². The maximum absolute atomic E-state index is 12.7. The Kier molecular flexibility index (Phi) is 6.57. The van der Waals surface area contributed by atoms with Crippen molar-refractivity contribution < 1.29 is 9.59 Å². The summed E-state index contributed by atoms with van der Waals surface area (Å²) in [6.07, 6.45) is 1.67. The zero-order valence-corrected chi connectivity index (χ0v) is 17.8. The molecular weight excluding hydrogens is 362 g/mol. The predicted molar refractivity (Wildman–Crippen MR) is 118 cm³/mol. The first kappa shape index (κ1) is 20.9. The molecule has 29 heavy (non-hydrogen) atoms. The SMILES string of the molecule is Cc1ccc(NC(=O)N2CCC(C(C)C(=O)Nc3cc(C)cc(C)c3)CC2)cc1. The molecule has 1 atom stereocenters. The van der Waals surface area contributed by atoms with Crippen molar-refractivity contribution in [1.82, 2.24) is 4.90 Å². The minimum absolute atomic E-state index is 0.0533. The summed E-state index contributed by atoms with van der Waals surface area (Å²) in [6, 6.07) is 13.8. The molecule has 1 unspecified atom stereocenters. The summed E-state index contributed by atoms with van der Waals surface area (Å²) in [5.74, 6) is 0.250. The number of likely N-dealkylation sites (tertiary alicyclic amines) is 1. The van der Waals surface area contributed by atoms with Crippen LogP contribution in [0.3, 0.4) is 0 Å². The maximum atomic E-state index is 12.7. The van der Waals surface area contributed by atoms with Gasteiger partial charge in [0.05, 0.1) is 0 Å². The zero-order valence-electron chi connectivity index (χ0n) is 17.8. The van der Waals surface area contributed by atoms with Crippen molar-refractivity contribution in [1.29, 1.82) is 0 Å². The first-order valence-electron chi connectivity index (χ1n) is 10.3. The number of nitrogens with one attached hydrogen (secondary N) is 2. The van der Waals surface area contributed by atoms with Crippen molar-refractivity contribution in [3.8, 4) is 0 Å². The van der Waals surface area contributed by atoms with E-state index in [4.69, 9.17) is 0 Å². The fourth-order valence-electron chi connectivity index (χ4n) is 3.96. The van der Waals surface area contributed by atoms with E-state index in [0.29, 0.717) is 13.1 Å². The summed E-state index contributed by atoms with van der Waals surface area (Å²) >= 11 is 0. The number of hydrogen-bond acceptors (Lipinski definition) is 2. The Hall–Kier alpha value is -2.82. The fourth-order valence-corrected chi connectivity index (χ4v) is 3.96. The van der Waals surface area contributed by atoms with Gasteiger partial charge in [0.25, 0.3) is 0 Å². The van der Waals surface area contributed by atoms with Gasteiger partial charge in [-0.2, -0.15) is 0 Å². The van der Waals surface area contributed by atoms with Crippen molar-refractivity contribution in [2.24, 2.45) is 11.8 Å². The Morgan fingerprint density at radius 1 is 0.862 bits per heavy atom. The third-order valence-electron chi connectivity index (χ3n) is 5.74. The van der Waals surface area contributed by atoms with Gasteiger partial charge in [0.2, 0.25) is 5.91 Å². The molecule has 1 aliphatic rings. The summed E-state index contributed by atoms with van der Waals surface area (Å²) in [7, 11) is 0. The molecule has 0 spiro atoms. The molecule has 1 aliphatic heterocycles. The summed E-state index contributed by atoms with van der Waals surface area (Å²) in [6.45, 7) is 9.42. The maximum Gasteiger partial charge on any atom is 0.321 e. The van der Waals surface area contributed by atoms with Crippen LogP contribution in [0.5, 0.6) is 0 Å². The molecule has 1 saturated heterocycles. The number of carbonyl (C=O) groups is 2. The average Bonchev–Trinajstić information content (AvgIpc) is 2.68. The molecule has 1 fully saturated rings. The van der Waals surface area contributed by atoms with E-state index >= 15 is 0 Å². The molecule has 2 aromatic carbocycles. The number of benzene rings is 2. The minimum Gasteiger partial charge on any atom is -0.326 e. The molecular formula is C24H31N3O2. The molecule has 0 aromatic heterocycles. The number of nitrogens with zero attached hydrogens (tertiary/aromatic N) is 1. The highest BCUT2D eigenvalue weighted by molar-refractivity contribution is 5.93. The molecule has 0 saturated carbocycles. The number of hydrogen-bond donors (Lipinski definition) is 2. The lowest BCUT2D eigenvalue weighted by molar-refractivity contribution is -0.121. The Morgan fingerprint density at radius 2 is 1.45 bits per heavy atom. The van der Waals surface area contributed by atoms with Crippen LogP contribution in [0.2, 0.25) is 0 Å². The van der Waals surface area contributed by atoms with Gasteiger partial charge in [-0.05, 0) is 74.9 Å². The lowest BCUT2D eigenvalue weighted by Crippen LogP contribution is -2.43. The number of carbonyl (C=O) groups excluding carboxylic acids is 2. The molecule has 0 aliphatic carbocycles. The van der Waals surface area contributed by atoms with Crippen molar-refractivity contribution in [2.75, 3.05) is 23.7 Å². The second kappa shape index (κ2) is 9.12. The number of urea groups is 1. The molecule has 1 heterocycles. The Labute approximate surface area is 173 Å². The first-order valence-corrected chi connectivity index (χ1v) is 10.3. The summed E-state index contributed by atoms with van der Waals surface area (Å²) in [5.41, 5.74) is 5.11. The van der Waals surface area contributed by atoms with E-state index in [2.05, 4.69) is 16.7 Å². The van der Waals surface area contributed by atoms with Crippen LogP contribution in [-0.4, -0.2) is 29.9 Å². The number of piperidine rings is 1. The van der Waals surface area contributed by atoms with E-state index in [9.17, 15) is 9.59 Å². The largest absolute Gasteiger partial charge is 0.326 e. The molecule has 3 rings (SSSR count). The molecule has 0 bridgehead atoms. The highest BCUT2D eigenvalue weighted by Gasteiger charge is 2.30. The van der Waals surface area contributed by atoms with Gasteiger partial charge in [-0.25, -0.2) is 4.79 Å². The van der Waals surface area contributed by atoms with Crippen molar-refractivity contribution in [2.45, 2.75) is 40.5 Å². The van der Waals surface area contributed by atoms with E-state index in [1.54, 1.807) is 0 Å². The molecule has 2 N–H and O–H groups in total. The second-order valence-electron chi connectivity index (χ2n) is 8.27. The molecule has 5 nitrogen and oxygen atoms in total. The van der Waals surface area contributed by atoms with Crippen LogP contribution < -0.4 is 10.6 Å². The van der Waals surface area contributed by atoms with Gasteiger partial charge in [-0.15, -0.1) is 0 Å². The smallest absolute Gasteiger partial charge is 0.321 e. The Morgan fingerprint density at radius 3 is 2.03 bits per heavy atom. The molecule has 0 radical (unpaired) electrons. The second-order valence-corrected chi connectivity index (χ2v) is 8.27.